The lowest BCUT2D eigenvalue weighted by Crippen LogP contribution is -2.42. The minimum Gasteiger partial charge on any atom is -0.467 e. The van der Waals surface area contributed by atoms with Gasteiger partial charge < -0.3 is 19.5 Å². The molecule has 0 radical (unpaired) electrons. The molecule has 10 heteroatoms. The molecule has 1 aliphatic rings. The molecular formula is C14H25NO8S. The second kappa shape index (κ2) is 7.66. The third kappa shape index (κ3) is 6.62. The van der Waals surface area contributed by atoms with Crippen molar-refractivity contribution < 1.29 is 36.8 Å². The van der Waals surface area contributed by atoms with Crippen LogP contribution >= 0.6 is 0 Å². The number of amides is 1. The van der Waals surface area contributed by atoms with Gasteiger partial charge in [0, 0.05) is 12.5 Å². The van der Waals surface area contributed by atoms with Crippen molar-refractivity contribution in [2.45, 2.75) is 57.5 Å². The fraction of sp³-hybridized carbons (Fsp3) is 0.857. The number of nitrogens with zero attached hydrogens (tertiary/aromatic N) is 1. The number of ether oxygens (including phenoxy) is 2. The molecule has 1 fully saturated rings. The Hall–Kier alpha value is -1.39. The van der Waals surface area contributed by atoms with Crippen LogP contribution in [0.1, 0.15) is 33.6 Å². The van der Waals surface area contributed by atoms with Crippen molar-refractivity contribution in [3.8, 4) is 0 Å². The number of likely N-dealkylation sites (tertiary alicyclic amines) is 1. The van der Waals surface area contributed by atoms with Crippen LogP contribution in [0.2, 0.25) is 0 Å². The van der Waals surface area contributed by atoms with E-state index < -0.39 is 46.0 Å². The molecule has 0 aromatic carbocycles. The SMILES string of the molecule is COC(=O)[C@H](O)C[C@H]1C[C@@H](OS(C)(=O)=O)CN1C(=O)OC(C)(C)C. The Labute approximate surface area is 142 Å². The van der Waals surface area contributed by atoms with Crippen LogP contribution in [0, 0.1) is 0 Å². The summed E-state index contributed by atoms with van der Waals surface area (Å²) < 4.78 is 37.3. The van der Waals surface area contributed by atoms with E-state index in [1.54, 1.807) is 20.8 Å². The standard InChI is InChI=1S/C14H25NO8S/c1-14(2,3)22-13(18)15-8-10(23-24(5,19)20)6-9(15)7-11(16)12(17)21-4/h9-11,16H,6-8H2,1-5H3/t9-,10-,11-/m1/s1. The largest absolute Gasteiger partial charge is 0.467 e. The minimum absolute atomic E-state index is 0.0134. The van der Waals surface area contributed by atoms with Gasteiger partial charge in [-0.1, -0.05) is 0 Å². The summed E-state index contributed by atoms with van der Waals surface area (Å²) in [6.07, 6.45) is -1.88. The molecule has 0 bridgehead atoms. The van der Waals surface area contributed by atoms with Gasteiger partial charge in [0.2, 0.25) is 0 Å². The Balaban J connectivity index is 2.88. The number of carbonyl (C=O) groups is 2. The Morgan fingerprint density at radius 2 is 1.92 bits per heavy atom. The summed E-state index contributed by atoms with van der Waals surface area (Å²) in [6, 6.07) is -0.610. The van der Waals surface area contributed by atoms with Crippen LogP contribution in [-0.2, 0) is 28.6 Å². The van der Waals surface area contributed by atoms with Crippen LogP contribution in [0.5, 0.6) is 0 Å². The number of aliphatic hydroxyl groups excluding tert-OH is 1. The zero-order valence-corrected chi connectivity index (χ0v) is 15.3. The van der Waals surface area contributed by atoms with Crippen LogP contribution in [-0.4, -0.2) is 74.2 Å². The first-order valence-electron chi connectivity index (χ1n) is 7.46. The first kappa shape index (κ1) is 20.7. The number of methoxy groups -OCH3 is 1. The summed E-state index contributed by atoms with van der Waals surface area (Å²) >= 11 is 0. The van der Waals surface area contributed by atoms with Gasteiger partial charge in [0.25, 0.3) is 10.1 Å². The van der Waals surface area contributed by atoms with Gasteiger partial charge in [0.15, 0.2) is 6.10 Å². The fourth-order valence-electron chi connectivity index (χ4n) is 2.45. The van der Waals surface area contributed by atoms with E-state index in [-0.39, 0.29) is 19.4 Å². The molecule has 3 atom stereocenters. The zero-order chi connectivity index (χ0) is 18.7. The molecule has 1 saturated heterocycles. The van der Waals surface area contributed by atoms with Gasteiger partial charge in [-0.15, -0.1) is 0 Å². The Bertz CT molecular complexity index is 568. The number of esters is 1. The minimum atomic E-state index is -3.70. The predicted molar refractivity (Wildman–Crippen MR) is 83.7 cm³/mol. The molecule has 0 aliphatic carbocycles. The topological polar surface area (TPSA) is 119 Å². The normalized spacial score (nSPS) is 23.0. The van der Waals surface area contributed by atoms with Crippen molar-refractivity contribution in [2.24, 2.45) is 0 Å². The maximum absolute atomic E-state index is 12.3. The van der Waals surface area contributed by atoms with Crippen molar-refractivity contribution >= 4 is 22.2 Å². The zero-order valence-electron chi connectivity index (χ0n) is 14.5. The smallest absolute Gasteiger partial charge is 0.410 e. The van der Waals surface area contributed by atoms with Gasteiger partial charge >= 0.3 is 12.1 Å². The van der Waals surface area contributed by atoms with Gasteiger partial charge in [-0.05, 0) is 27.2 Å². The van der Waals surface area contributed by atoms with Crippen molar-refractivity contribution in [3.63, 3.8) is 0 Å². The predicted octanol–water partition coefficient (Wildman–Crippen LogP) is 0.265. The highest BCUT2D eigenvalue weighted by atomic mass is 32.2. The summed E-state index contributed by atoms with van der Waals surface area (Å²) in [5.74, 6) is -0.827. The summed E-state index contributed by atoms with van der Waals surface area (Å²) in [7, 11) is -2.56. The maximum atomic E-state index is 12.3. The van der Waals surface area contributed by atoms with E-state index in [1.165, 1.54) is 4.90 Å². The first-order valence-corrected chi connectivity index (χ1v) is 9.28. The van der Waals surface area contributed by atoms with Gasteiger partial charge in [-0.2, -0.15) is 8.42 Å². The number of carbonyl (C=O) groups excluding carboxylic acids is 2. The van der Waals surface area contributed by atoms with E-state index in [9.17, 15) is 23.1 Å². The van der Waals surface area contributed by atoms with E-state index in [4.69, 9.17) is 8.92 Å². The first-order chi connectivity index (χ1) is 10.8. The lowest BCUT2D eigenvalue weighted by atomic mass is 10.1. The van der Waals surface area contributed by atoms with Gasteiger partial charge in [-0.25, -0.2) is 9.59 Å². The highest BCUT2D eigenvalue weighted by molar-refractivity contribution is 7.86. The molecule has 140 valence electrons. The molecule has 0 unspecified atom stereocenters. The van der Waals surface area contributed by atoms with Crippen LogP contribution in [0.4, 0.5) is 4.79 Å². The van der Waals surface area contributed by atoms with Crippen LogP contribution in [0.25, 0.3) is 0 Å². The summed E-state index contributed by atoms with van der Waals surface area (Å²) in [5.41, 5.74) is -0.738. The maximum Gasteiger partial charge on any atom is 0.410 e. The molecule has 0 saturated carbocycles. The average molecular weight is 367 g/mol. The molecule has 1 heterocycles. The van der Waals surface area contributed by atoms with Crippen LogP contribution in [0.3, 0.4) is 0 Å². The second-order valence-corrected chi connectivity index (χ2v) is 8.32. The lowest BCUT2D eigenvalue weighted by molar-refractivity contribution is -0.151. The van der Waals surface area contributed by atoms with Crippen molar-refractivity contribution in [1.29, 1.82) is 0 Å². The van der Waals surface area contributed by atoms with Crippen molar-refractivity contribution in [2.75, 3.05) is 19.9 Å². The average Bonchev–Trinajstić information content (AvgIpc) is 2.76. The summed E-state index contributed by atoms with van der Waals surface area (Å²) in [4.78, 5) is 25.0. The molecule has 24 heavy (non-hydrogen) atoms. The van der Waals surface area contributed by atoms with Crippen LogP contribution < -0.4 is 0 Å². The number of hydrogen-bond donors (Lipinski definition) is 1. The number of rotatable bonds is 5. The summed E-state index contributed by atoms with van der Waals surface area (Å²) in [6.45, 7) is 5.08. The molecule has 0 aromatic rings. The Kier molecular flexibility index (Phi) is 6.59. The van der Waals surface area contributed by atoms with E-state index in [2.05, 4.69) is 4.74 Å². The van der Waals surface area contributed by atoms with Gasteiger partial charge in [0.05, 0.1) is 26.0 Å². The fourth-order valence-corrected chi connectivity index (χ4v) is 3.08. The monoisotopic (exact) mass is 367 g/mol. The second-order valence-electron chi connectivity index (χ2n) is 6.72. The third-order valence-electron chi connectivity index (χ3n) is 3.28. The van der Waals surface area contributed by atoms with E-state index in [0.29, 0.717) is 0 Å². The number of aliphatic hydroxyl groups is 1. The number of hydrogen-bond acceptors (Lipinski definition) is 8. The molecule has 1 amide bonds. The molecular weight excluding hydrogens is 342 g/mol. The molecule has 9 nitrogen and oxygen atoms in total. The van der Waals surface area contributed by atoms with Crippen molar-refractivity contribution in [3.05, 3.63) is 0 Å². The van der Waals surface area contributed by atoms with E-state index in [1.807, 2.05) is 0 Å². The highest BCUT2D eigenvalue weighted by Crippen LogP contribution is 2.27. The van der Waals surface area contributed by atoms with Crippen LogP contribution in [0.15, 0.2) is 0 Å². The molecule has 1 aliphatic heterocycles. The quantitative estimate of drug-likeness (QED) is 0.543. The van der Waals surface area contributed by atoms with Crippen molar-refractivity contribution in [1.82, 2.24) is 4.90 Å². The molecule has 0 aromatic heterocycles. The molecule has 1 N–H and O–H groups in total. The van der Waals surface area contributed by atoms with E-state index >= 15 is 0 Å². The molecule has 0 spiro atoms. The molecule has 1 rings (SSSR count). The van der Waals surface area contributed by atoms with E-state index in [0.717, 1.165) is 13.4 Å². The summed E-state index contributed by atoms with van der Waals surface area (Å²) in [5, 5.41) is 9.82. The third-order valence-corrected chi connectivity index (χ3v) is 3.91. The highest BCUT2D eigenvalue weighted by Gasteiger charge is 2.41. The Morgan fingerprint density at radius 1 is 1.33 bits per heavy atom. The Morgan fingerprint density at radius 3 is 2.38 bits per heavy atom. The lowest BCUT2D eigenvalue weighted by Gasteiger charge is -2.29. The van der Waals surface area contributed by atoms with Gasteiger partial charge in [0.1, 0.15) is 5.60 Å². The van der Waals surface area contributed by atoms with Gasteiger partial charge in [-0.3, -0.25) is 4.18 Å².